The molecule has 3 amide bonds. The lowest BCUT2D eigenvalue weighted by Gasteiger charge is -2.27. The van der Waals surface area contributed by atoms with Crippen molar-refractivity contribution in [2.24, 2.45) is 16.7 Å². The van der Waals surface area contributed by atoms with Crippen molar-refractivity contribution >= 4 is 79.8 Å². The molecule has 5 atom stereocenters. The first-order chi connectivity index (χ1) is 13.9. The number of ketones is 2. The molecule has 1 fully saturated rings. The highest BCUT2D eigenvalue weighted by Crippen LogP contribution is 2.33. The first-order valence-corrected chi connectivity index (χ1v) is 12.1. The molecule has 1 aliphatic rings. The van der Waals surface area contributed by atoms with Gasteiger partial charge in [0.2, 0.25) is 17.7 Å². The Hall–Kier alpha value is -0.450. The molecule has 0 aromatic carbocycles. The van der Waals surface area contributed by atoms with Crippen molar-refractivity contribution in [1.29, 1.82) is 0 Å². The van der Waals surface area contributed by atoms with Crippen LogP contribution in [0.25, 0.3) is 0 Å². The molecule has 1 saturated heterocycles. The molecule has 32 heavy (non-hydrogen) atoms. The van der Waals surface area contributed by atoms with E-state index in [0.29, 0.717) is 4.90 Å². The number of carbonyl (C=O) groups excluding carboxylic acids is 5. The Morgan fingerprint density at radius 2 is 1.28 bits per heavy atom. The van der Waals surface area contributed by atoms with Gasteiger partial charge in [-0.05, 0) is 10.8 Å². The van der Waals surface area contributed by atoms with E-state index < -0.39 is 50.1 Å². The number of rotatable bonds is 8. The number of Topliss-reactive ketones (excluding diaryl/α,β-unsaturated/α-hetero) is 2. The van der Waals surface area contributed by atoms with Gasteiger partial charge in [0.1, 0.15) is 11.6 Å². The first-order valence-electron chi connectivity index (χ1n) is 10.1. The van der Waals surface area contributed by atoms with E-state index in [0.717, 1.165) is 0 Å². The van der Waals surface area contributed by atoms with Crippen LogP contribution in [0.3, 0.4) is 0 Å². The Balaban J connectivity index is 0.00000961. The highest BCUT2D eigenvalue weighted by molar-refractivity contribution is 7.82. The highest BCUT2D eigenvalue weighted by atomic mass is 32.1. The van der Waals surface area contributed by atoms with E-state index in [1.807, 2.05) is 41.5 Å². The molecule has 10 heteroatoms. The van der Waals surface area contributed by atoms with Crippen LogP contribution in [0.15, 0.2) is 0 Å². The zero-order valence-electron chi connectivity index (χ0n) is 18.8. The van der Waals surface area contributed by atoms with Crippen molar-refractivity contribution in [3.05, 3.63) is 0 Å². The van der Waals surface area contributed by atoms with Crippen molar-refractivity contribution in [3.8, 4) is 0 Å². The van der Waals surface area contributed by atoms with Crippen LogP contribution >= 0.6 is 50.5 Å². The van der Waals surface area contributed by atoms with Crippen molar-refractivity contribution in [2.45, 2.75) is 89.2 Å². The number of amides is 3. The van der Waals surface area contributed by atoms with Gasteiger partial charge in [-0.2, -0.15) is 50.5 Å². The summed E-state index contributed by atoms with van der Waals surface area (Å²) in [7, 11) is 0. The van der Waals surface area contributed by atoms with Gasteiger partial charge in [0.25, 0.3) is 0 Å². The second-order valence-electron chi connectivity index (χ2n) is 10.2. The Labute approximate surface area is 214 Å². The van der Waals surface area contributed by atoms with Crippen LogP contribution in [0.1, 0.15) is 68.2 Å². The van der Waals surface area contributed by atoms with Gasteiger partial charge in [-0.3, -0.25) is 24.0 Å². The zero-order chi connectivity index (χ0) is 24.5. The second-order valence-corrected chi connectivity index (χ2v) is 12.5. The third-order valence-electron chi connectivity index (χ3n) is 5.21. The summed E-state index contributed by atoms with van der Waals surface area (Å²) in [6.07, 6.45) is -0.509. The maximum absolute atomic E-state index is 12.8. The molecule has 1 heterocycles. The fraction of sp³-hybridized carbons (Fsp3) is 0.773. The molecule has 5 unspecified atom stereocenters. The van der Waals surface area contributed by atoms with Gasteiger partial charge >= 0.3 is 0 Å². The third kappa shape index (κ3) is 7.81. The summed E-state index contributed by atoms with van der Waals surface area (Å²) in [5.41, 5.74) is -0.778. The fourth-order valence-electron chi connectivity index (χ4n) is 3.15. The molecule has 184 valence electrons. The quantitative estimate of drug-likeness (QED) is 0.288. The molecule has 0 aromatic rings. The van der Waals surface area contributed by atoms with Crippen LogP contribution in [0.2, 0.25) is 0 Å². The standard InChI is InChI=1S/C21H33NO5S4.CH4/c1-20(2,3)16(30)11(23)8-13(28)10-7-15(25)22(18(10)26)19(27)14(29)9-12(24)17(31)21(4,5)6;/h10,13-14,16-17,28-31H,7-9H2,1-6H3;1H4. The average Bonchev–Trinajstić information content (AvgIpc) is 2.92. The largest absolute Gasteiger partial charge is 0.298 e. The minimum Gasteiger partial charge on any atom is -0.298 e. The lowest BCUT2D eigenvalue weighted by atomic mass is 9.86. The molecular formula is C22H37NO5S4. The Morgan fingerprint density at radius 3 is 1.69 bits per heavy atom. The van der Waals surface area contributed by atoms with E-state index in [1.54, 1.807) is 0 Å². The summed E-state index contributed by atoms with van der Waals surface area (Å²) in [5, 5.41) is -3.02. The maximum Gasteiger partial charge on any atom is 0.249 e. The number of nitrogens with zero attached hydrogens (tertiary/aromatic N) is 1. The minimum absolute atomic E-state index is 0. The predicted octanol–water partition coefficient (Wildman–Crippen LogP) is 3.73. The summed E-state index contributed by atoms with van der Waals surface area (Å²) >= 11 is 17.2. The van der Waals surface area contributed by atoms with E-state index in [4.69, 9.17) is 0 Å². The van der Waals surface area contributed by atoms with E-state index in [-0.39, 0.29) is 43.7 Å². The monoisotopic (exact) mass is 523 g/mol. The number of thiol groups is 4. The molecular weight excluding hydrogens is 487 g/mol. The van der Waals surface area contributed by atoms with Crippen LogP contribution in [0.5, 0.6) is 0 Å². The van der Waals surface area contributed by atoms with E-state index >= 15 is 0 Å². The van der Waals surface area contributed by atoms with Crippen molar-refractivity contribution in [3.63, 3.8) is 0 Å². The van der Waals surface area contributed by atoms with Crippen molar-refractivity contribution in [1.82, 2.24) is 4.90 Å². The number of hydrogen-bond donors (Lipinski definition) is 4. The van der Waals surface area contributed by atoms with Crippen LogP contribution in [0.4, 0.5) is 0 Å². The maximum atomic E-state index is 12.8. The van der Waals surface area contributed by atoms with Crippen LogP contribution in [-0.2, 0) is 24.0 Å². The normalized spacial score (nSPS) is 20.9. The average molecular weight is 524 g/mol. The van der Waals surface area contributed by atoms with Crippen molar-refractivity contribution < 1.29 is 24.0 Å². The zero-order valence-corrected chi connectivity index (χ0v) is 22.4. The van der Waals surface area contributed by atoms with E-state index in [2.05, 4.69) is 50.5 Å². The Kier molecular flexibility index (Phi) is 11.6. The number of imide groups is 3. The summed E-state index contributed by atoms with van der Waals surface area (Å²) in [4.78, 5) is 63.4. The van der Waals surface area contributed by atoms with Gasteiger partial charge in [-0.25, -0.2) is 4.90 Å². The van der Waals surface area contributed by atoms with Gasteiger partial charge in [-0.1, -0.05) is 49.0 Å². The topological polar surface area (TPSA) is 88.6 Å². The molecule has 0 aliphatic carbocycles. The molecule has 0 N–H and O–H groups in total. The Morgan fingerprint density at radius 1 is 0.875 bits per heavy atom. The molecule has 1 rings (SSSR count). The van der Waals surface area contributed by atoms with Crippen LogP contribution in [0, 0.1) is 16.7 Å². The summed E-state index contributed by atoms with van der Waals surface area (Å²) in [5.74, 6) is -3.58. The molecule has 1 aliphatic heterocycles. The minimum atomic E-state index is -1.14. The Bertz CT molecular complexity index is 756. The van der Waals surface area contributed by atoms with Gasteiger partial charge in [-0.15, -0.1) is 0 Å². The fourth-order valence-corrected chi connectivity index (χ4v) is 4.07. The number of likely N-dealkylation sites (tertiary alicyclic amines) is 1. The summed E-state index contributed by atoms with van der Waals surface area (Å²) in [6, 6.07) is 0. The predicted molar refractivity (Wildman–Crippen MR) is 141 cm³/mol. The van der Waals surface area contributed by atoms with Gasteiger partial charge in [0.15, 0.2) is 0 Å². The second kappa shape index (κ2) is 11.8. The molecule has 0 radical (unpaired) electrons. The van der Waals surface area contributed by atoms with Gasteiger partial charge < -0.3 is 0 Å². The van der Waals surface area contributed by atoms with Crippen LogP contribution < -0.4 is 0 Å². The smallest absolute Gasteiger partial charge is 0.249 e. The highest BCUT2D eigenvalue weighted by Gasteiger charge is 2.47. The van der Waals surface area contributed by atoms with Gasteiger partial charge in [0.05, 0.1) is 21.7 Å². The van der Waals surface area contributed by atoms with E-state index in [9.17, 15) is 24.0 Å². The van der Waals surface area contributed by atoms with Crippen LogP contribution in [-0.4, -0.2) is 55.2 Å². The van der Waals surface area contributed by atoms with E-state index in [1.165, 1.54) is 0 Å². The number of carbonyl (C=O) groups is 5. The molecule has 0 saturated carbocycles. The van der Waals surface area contributed by atoms with Crippen molar-refractivity contribution in [2.75, 3.05) is 0 Å². The first kappa shape index (κ1) is 31.6. The molecule has 0 spiro atoms. The lowest BCUT2D eigenvalue weighted by molar-refractivity contribution is -0.150. The lowest BCUT2D eigenvalue weighted by Crippen LogP contribution is -2.44. The number of hydrogen-bond acceptors (Lipinski definition) is 9. The molecule has 0 aromatic heterocycles. The van der Waals surface area contributed by atoms with Gasteiger partial charge in [0, 0.05) is 24.5 Å². The SMILES string of the molecule is C.CC(C)(C)C(S)C(=O)CC(S)C(=O)N1C(=O)CC(C(S)CC(=O)C(S)C(C)(C)C)C1=O. The third-order valence-corrected chi connectivity index (χ3v) is 8.28. The summed E-state index contributed by atoms with van der Waals surface area (Å²) < 4.78 is 0. The summed E-state index contributed by atoms with van der Waals surface area (Å²) in [6.45, 7) is 11.2. The molecule has 0 bridgehead atoms. The molecule has 6 nitrogen and oxygen atoms in total.